The summed E-state index contributed by atoms with van der Waals surface area (Å²) in [4.78, 5) is 12.4. The van der Waals surface area contributed by atoms with E-state index in [4.69, 9.17) is 5.73 Å². The van der Waals surface area contributed by atoms with E-state index in [1.807, 2.05) is 11.9 Å². The molecule has 0 aliphatic heterocycles. The van der Waals surface area contributed by atoms with Crippen molar-refractivity contribution in [3.05, 3.63) is 39.7 Å². The smallest absolute Gasteiger partial charge is 0.274 e. The Bertz CT molecular complexity index is 466. The third-order valence-electron chi connectivity index (χ3n) is 3.38. The number of nitrogens with zero attached hydrogens (tertiary/aromatic N) is 2. The van der Waals surface area contributed by atoms with Crippen LogP contribution in [-0.2, 0) is 6.54 Å². The molecule has 20 heavy (non-hydrogen) atoms. The predicted molar refractivity (Wildman–Crippen MR) is 76.8 cm³/mol. The van der Waals surface area contributed by atoms with E-state index in [0.29, 0.717) is 24.6 Å². The Hall–Kier alpha value is -1.53. The van der Waals surface area contributed by atoms with Crippen LogP contribution < -0.4 is 5.73 Å². The van der Waals surface area contributed by atoms with Crippen molar-refractivity contribution < 1.29 is 9.31 Å². The van der Waals surface area contributed by atoms with Crippen LogP contribution in [0.15, 0.2) is 18.2 Å². The van der Waals surface area contributed by atoms with Gasteiger partial charge < -0.3 is 10.6 Å². The average Bonchev–Trinajstić information content (AvgIpc) is 2.35. The van der Waals surface area contributed by atoms with Gasteiger partial charge in [-0.2, -0.15) is 0 Å². The van der Waals surface area contributed by atoms with Gasteiger partial charge in [0.2, 0.25) is 0 Å². The molecule has 0 aromatic heterocycles. The summed E-state index contributed by atoms with van der Waals surface area (Å²) >= 11 is 0. The lowest BCUT2D eigenvalue weighted by atomic mass is 10.0. The number of benzene rings is 1. The predicted octanol–water partition coefficient (Wildman–Crippen LogP) is 2.54. The molecule has 0 fully saturated rings. The highest BCUT2D eigenvalue weighted by Crippen LogP contribution is 2.21. The molecule has 0 radical (unpaired) electrons. The van der Waals surface area contributed by atoms with Crippen LogP contribution in [0, 0.1) is 21.8 Å². The Labute approximate surface area is 118 Å². The van der Waals surface area contributed by atoms with Crippen molar-refractivity contribution in [2.45, 2.75) is 32.9 Å². The molecule has 1 aromatic carbocycles. The van der Waals surface area contributed by atoms with Crippen molar-refractivity contribution in [2.75, 3.05) is 13.6 Å². The van der Waals surface area contributed by atoms with Gasteiger partial charge >= 0.3 is 0 Å². The van der Waals surface area contributed by atoms with Crippen molar-refractivity contribution in [2.24, 2.45) is 11.7 Å². The average molecular weight is 283 g/mol. The van der Waals surface area contributed by atoms with Gasteiger partial charge in [0.15, 0.2) is 0 Å². The van der Waals surface area contributed by atoms with Crippen molar-refractivity contribution in [1.29, 1.82) is 0 Å². The number of hydrogen-bond donors (Lipinski definition) is 1. The zero-order valence-corrected chi connectivity index (χ0v) is 12.2. The number of nitro benzene ring substituents is 1. The maximum Gasteiger partial charge on any atom is 0.274 e. The lowest BCUT2D eigenvalue weighted by molar-refractivity contribution is -0.385. The fraction of sp³-hybridized carbons (Fsp3) is 0.571. The monoisotopic (exact) mass is 283 g/mol. The summed E-state index contributed by atoms with van der Waals surface area (Å²) in [6.07, 6.45) is 0.803. The van der Waals surface area contributed by atoms with Crippen LogP contribution in [0.25, 0.3) is 0 Å². The number of hydrogen-bond acceptors (Lipinski definition) is 4. The number of nitrogens with two attached hydrogens (primary N) is 1. The van der Waals surface area contributed by atoms with E-state index in [1.165, 1.54) is 12.1 Å². The Kier molecular flexibility index (Phi) is 6.04. The second kappa shape index (κ2) is 7.31. The highest BCUT2D eigenvalue weighted by molar-refractivity contribution is 5.40. The number of nitro groups is 1. The summed E-state index contributed by atoms with van der Waals surface area (Å²) < 4.78 is 13.2. The summed E-state index contributed by atoms with van der Waals surface area (Å²) in [5.41, 5.74) is 6.30. The minimum Gasteiger partial charge on any atom is -0.327 e. The van der Waals surface area contributed by atoms with Crippen LogP contribution in [0.1, 0.15) is 25.8 Å². The van der Waals surface area contributed by atoms with Crippen molar-refractivity contribution in [3.8, 4) is 0 Å². The topological polar surface area (TPSA) is 72.4 Å². The molecule has 1 aromatic rings. The molecule has 2 N–H and O–H groups in total. The molecular weight excluding hydrogens is 261 g/mol. The fourth-order valence-corrected chi connectivity index (χ4v) is 1.93. The van der Waals surface area contributed by atoms with Gasteiger partial charge in [0.25, 0.3) is 5.69 Å². The molecule has 0 saturated carbocycles. The van der Waals surface area contributed by atoms with E-state index < -0.39 is 10.7 Å². The maximum atomic E-state index is 13.2. The Morgan fingerprint density at radius 1 is 1.45 bits per heavy atom. The number of rotatable bonds is 7. The van der Waals surface area contributed by atoms with Gasteiger partial charge in [-0.05, 0) is 38.1 Å². The van der Waals surface area contributed by atoms with Gasteiger partial charge in [0, 0.05) is 24.2 Å². The molecule has 6 heteroatoms. The molecule has 1 rings (SSSR count). The SMILES string of the molecule is CC(C)C(N)CCN(C)Cc1cc(F)ccc1[N+](=O)[O-]. The summed E-state index contributed by atoms with van der Waals surface area (Å²) in [7, 11) is 1.85. The molecule has 0 spiro atoms. The van der Waals surface area contributed by atoms with E-state index in [9.17, 15) is 14.5 Å². The second-order valence-corrected chi connectivity index (χ2v) is 5.46. The third kappa shape index (κ3) is 4.86. The van der Waals surface area contributed by atoms with Gasteiger partial charge in [-0.3, -0.25) is 10.1 Å². The van der Waals surface area contributed by atoms with E-state index in [1.54, 1.807) is 0 Å². The zero-order valence-electron chi connectivity index (χ0n) is 12.2. The highest BCUT2D eigenvalue weighted by atomic mass is 19.1. The first-order valence-electron chi connectivity index (χ1n) is 6.68. The van der Waals surface area contributed by atoms with Gasteiger partial charge in [-0.1, -0.05) is 13.8 Å². The summed E-state index contributed by atoms with van der Waals surface area (Å²) in [6.45, 7) is 5.16. The Morgan fingerprint density at radius 2 is 2.10 bits per heavy atom. The lowest BCUT2D eigenvalue weighted by Gasteiger charge is -2.21. The van der Waals surface area contributed by atoms with Crippen molar-refractivity contribution in [1.82, 2.24) is 4.90 Å². The van der Waals surface area contributed by atoms with Crippen LogP contribution in [0.3, 0.4) is 0 Å². The highest BCUT2D eigenvalue weighted by Gasteiger charge is 2.16. The normalized spacial score (nSPS) is 12.9. The van der Waals surface area contributed by atoms with Crippen LogP contribution in [-0.4, -0.2) is 29.5 Å². The molecule has 1 atom stereocenters. The standard InChI is InChI=1S/C14H22FN3O2/c1-10(2)13(16)6-7-17(3)9-11-8-12(15)4-5-14(11)18(19)20/h4-5,8,10,13H,6-7,9,16H2,1-3H3. The third-order valence-corrected chi connectivity index (χ3v) is 3.38. The molecule has 0 aliphatic carbocycles. The fourth-order valence-electron chi connectivity index (χ4n) is 1.93. The van der Waals surface area contributed by atoms with Crippen LogP contribution >= 0.6 is 0 Å². The largest absolute Gasteiger partial charge is 0.327 e. The van der Waals surface area contributed by atoms with Gasteiger partial charge in [0.1, 0.15) is 5.82 Å². The second-order valence-electron chi connectivity index (χ2n) is 5.46. The van der Waals surface area contributed by atoms with Crippen LogP contribution in [0.4, 0.5) is 10.1 Å². The summed E-state index contributed by atoms with van der Waals surface area (Å²) in [5, 5.41) is 10.9. The van der Waals surface area contributed by atoms with Gasteiger partial charge in [-0.15, -0.1) is 0 Å². The molecule has 112 valence electrons. The van der Waals surface area contributed by atoms with Crippen molar-refractivity contribution >= 4 is 5.69 Å². The van der Waals surface area contributed by atoms with Gasteiger partial charge in [-0.25, -0.2) is 4.39 Å². The first-order valence-corrected chi connectivity index (χ1v) is 6.68. The maximum absolute atomic E-state index is 13.2. The van der Waals surface area contributed by atoms with Crippen LogP contribution in [0.5, 0.6) is 0 Å². The molecule has 0 aliphatic rings. The van der Waals surface area contributed by atoms with E-state index in [0.717, 1.165) is 12.5 Å². The van der Waals surface area contributed by atoms with E-state index in [-0.39, 0.29) is 11.7 Å². The zero-order chi connectivity index (χ0) is 15.3. The van der Waals surface area contributed by atoms with Gasteiger partial charge in [0.05, 0.1) is 4.92 Å². The molecule has 1 unspecified atom stereocenters. The lowest BCUT2D eigenvalue weighted by Crippen LogP contribution is -2.31. The van der Waals surface area contributed by atoms with Crippen LogP contribution in [0.2, 0.25) is 0 Å². The summed E-state index contributed by atoms with van der Waals surface area (Å²) in [6, 6.07) is 3.63. The quantitative estimate of drug-likeness (QED) is 0.616. The number of halogens is 1. The molecule has 5 nitrogen and oxygen atoms in total. The molecule has 0 saturated heterocycles. The Morgan fingerprint density at radius 3 is 2.65 bits per heavy atom. The van der Waals surface area contributed by atoms with E-state index in [2.05, 4.69) is 13.8 Å². The first-order chi connectivity index (χ1) is 9.31. The molecule has 0 bridgehead atoms. The van der Waals surface area contributed by atoms with Crippen molar-refractivity contribution in [3.63, 3.8) is 0 Å². The first kappa shape index (κ1) is 16.5. The molecule has 0 amide bonds. The van der Waals surface area contributed by atoms with E-state index >= 15 is 0 Å². The molecular formula is C14H22FN3O2. The minimum absolute atomic E-state index is 0.0496. The summed E-state index contributed by atoms with van der Waals surface area (Å²) in [5.74, 6) is -0.0650. The minimum atomic E-state index is -0.484. The Balaban J connectivity index is 2.68. The molecule has 0 heterocycles.